The average Bonchev–Trinajstić information content (AvgIpc) is 3.07. The monoisotopic (exact) mass is 286 g/mol. The molecule has 1 N–H and O–H groups in total. The number of benzene rings is 1. The predicted molar refractivity (Wildman–Crippen MR) is 83.8 cm³/mol. The van der Waals surface area contributed by atoms with Gasteiger partial charge in [-0.3, -0.25) is 4.90 Å². The molecule has 1 aromatic heterocycles. The number of nitrogens with zero attached hydrogens (tertiary/aromatic N) is 2. The van der Waals surface area contributed by atoms with E-state index < -0.39 is 5.97 Å². The number of fused-ring (bicyclic) bond motifs is 1. The Labute approximate surface area is 125 Å². The van der Waals surface area contributed by atoms with Gasteiger partial charge in [-0.05, 0) is 57.5 Å². The minimum absolute atomic E-state index is 0.323. The lowest BCUT2D eigenvalue weighted by Crippen LogP contribution is -2.18. The van der Waals surface area contributed by atoms with Crippen molar-refractivity contribution in [2.24, 2.45) is 0 Å². The van der Waals surface area contributed by atoms with Gasteiger partial charge in [0.15, 0.2) is 0 Å². The molecule has 0 bridgehead atoms. The first-order chi connectivity index (χ1) is 10.1. The van der Waals surface area contributed by atoms with Crippen LogP contribution in [-0.2, 0) is 6.54 Å². The molecule has 1 aliphatic rings. The molecule has 112 valence electrons. The highest BCUT2D eigenvalue weighted by atomic mass is 16.4. The smallest absolute Gasteiger partial charge is 0.335 e. The van der Waals surface area contributed by atoms with Gasteiger partial charge in [0.1, 0.15) is 0 Å². The van der Waals surface area contributed by atoms with Crippen molar-refractivity contribution in [1.82, 2.24) is 9.47 Å². The lowest BCUT2D eigenvalue weighted by molar-refractivity contribution is 0.0697. The van der Waals surface area contributed by atoms with Crippen molar-refractivity contribution in [2.45, 2.75) is 39.3 Å². The summed E-state index contributed by atoms with van der Waals surface area (Å²) in [5, 5.41) is 10.4. The van der Waals surface area contributed by atoms with Gasteiger partial charge in [-0.25, -0.2) is 4.79 Å². The van der Waals surface area contributed by atoms with Gasteiger partial charge in [0.25, 0.3) is 0 Å². The number of carboxylic acid groups (broad SMARTS) is 1. The predicted octanol–water partition coefficient (Wildman–Crippen LogP) is 3.52. The molecule has 1 fully saturated rings. The Morgan fingerprint density at radius 3 is 2.62 bits per heavy atom. The first kappa shape index (κ1) is 14.1. The van der Waals surface area contributed by atoms with Crippen molar-refractivity contribution in [3.63, 3.8) is 0 Å². The Bertz CT molecular complexity index is 667. The number of carbonyl (C=O) groups is 1. The number of hydrogen-bond donors (Lipinski definition) is 1. The lowest BCUT2D eigenvalue weighted by Gasteiger charge is -2.13. The van der Waals surface area contributed by atoms with E-state index in [1.807, 2.05) is 6.07 Å². The van der Waals surface area contributed by atoms with E-state index in [0.717, 1.165) is 12.1 Å². The molecule has 0 spiro atoms. The Hall–Kier alpha value is -1.81. The van der Waals surface area contributed by atoms with Crippen LogP contribution in [0.4, 0.5) is 0 Å². The number of carboxylic acids is 1. The van der Waals surface area contributed by atoms with Crippen LogP contribution in [0.1, 0.15) is 48.7 Å². The van der Waals surface area contributed by atoms with E-state index in [9.17, 15) is 9.90 Å². The van der Waals surface area contributed by atoms with Gasteiger partial charge in [-0.15, -0.1) is 0 Å². The average molecular weight is 286 g/mol. The lowest BCUT2D eigenvalue weighted by atomic mass is 10.1. The molecule has 0 atom stereocenters. The largest absolute Gasteiger partial charge is 0.478 e. The molecule has 4 nitrogen and oxygen atoms in total. The van der Waals surface area contributed by atoms with Gasteiger partial charge in [0, 0.05) is 29.7 Å². The highest BCUT2D eigenvalue weighted by molar-refractivity contribution is 5.94. The summed E-state index contributed by atoms with van der Waals surface area (Å²) < 4.78 is 2.19. The van der Waals surface area contributed by atoms with Gasteiger partial charge < -0.3 is 9.67 Å². The quantitative estimate of drug-likeness (QED) is 0.935. The second-order valence-electron chi connectivity index (χ2n) is 6.18. The van der Waals surface area contributed by atoms with E-state index in [-0.39, 0.29) is 0 Å². The number of aromatic carboxylic acids is 1. The van der Waals surface area contributed by atoms with Crippen molar-refractivity contribution in [3.8, 4) is 0 Å². The molecule has 2 heterocycles. The third kappa shape index (κ3) is 2.68. The maximum absolute atomic E-state index is 11.2. The fourth-order valence-electron chi connectivity index (χ4n) is 3.19. The van der Waals surface area contributed by atoms with Crippen LogP contribution in [-0.4, -0.2) is 33.6 Å². The van der Waals surface area contributed by atoms with Crippen molar-refractivity contribution in [1.29, 1.82) is 0 Å². The summed E-state index contributed by atoms with van der Waals surface area (Å²) in [6.45, 7) is 7.56. The van der Waals surface area contributed by atoms with Crippen LogP contribution >= 0.6 is 0 Å². The summed E-state index contributed by atoms with van der Waals surface area (Å²) in [6, 6.07) is 5.79. The molecule has 1 saturated heterocycles. The molecule has 21 heavy (non-hydrogen) atoms. The van der Waals surface area contributed by atoms with Crippen LogP contribution in [0, 0.1) is 0 Å². The molecule has 0 saturated carbocycles. The number of hydrogen-bond acceptors (Lipinski definition) is 2. The van der Waals surface area contributed by atoms with E-state index in [2.05, 4.69) is 29.5 Å². The molecule has 3 rings (SSSR count). The third-order valence-corrected chi connectivity index (χ3v) is 4.31. The van der Waals surface area contributed by atoms with Gasteiger partial charge in [-0.2, -0.15) is 0 Å². The molecule has 2 aromatic rings. The van der Waals surface area contributed by atoms with E-state index in [0.29, 0.717) is 11.6 Å². The fourth-order valence-corrected chi connectivity index (χ4v) is 3.19. The van der Waals surface area contributed by atoms with Crippen LogP contribution in [0.5, 0.6) is 0 Å². The molecular weight excluding hydrogens is 264 g/mol. The maximum atomic E-state index is 11.2. The summed E-state index contributed by atoms with van der Waals surface area (Å²) in [4.78, 5) is 13.7. The van der Waals surface area contributed by atoms with Gasteiger partial charge >= 0.3 is 5.97 Å². The maximum Gasteiger partial charge on any atom is 0.335 e. The van der Waals surface area contributed by atoms with E-state index >= 15 is 0 Å². The zero-order chi connectivity index (χ0) is 15.0. The zero-order valence-electron chi connectivity index (χ0n) is 12.7. The molecule has 0 aliphatic carbocycles. The van der Waals surface area contributed by atoms with Gasteiger partial charge in [0.2, 0.25) is 0 Å². The SMILES string of the molecule is CC(C)n1cc(CN2CCCC2)c2ccc(C(=O)O)cc21. The molecule has 1 aliphatic heterocycles. The summed E-state index contributed by atoms with van der Waals surface area (Å²) in [5.41, 5.74) is 2.69. The fraction of sp³-hybridized carbons (Fsp3) is 0.471. The summed E-state index contributed by atoms with van der Waals surface area (Å²) >= 11 is 0. The third-order valence-electron chi connectivity index (χ3n) is 4.31. The molecule has 0 radical (unpaired) electrons. The molecule has 4 heteroatoms. The van der Waals surface area contributed by atoms with Gasteiger partial charge in [-0.1, -0.05) is 6.07 Å². The minimum Gasteiger partial charge on any atom is -0.478 e. The van der Waals surface area contributed by atoms with Crippen molar-refractivity contribution in [2.75, 3.05) is 13.1 Å². The Kier molecular flexibility index (Phi) is 3.72. The van der Waals surface area contributed by atoms with Crippen molar-refractivity contribution in [3.05, 3.63) is 35.5 Å². The second kappa shape index (κ2) is 5.53. The van der Waals surface area contributed by atoms with Crippen LogP contribution < -0.4 is 0 Å². The number of likely N-dealkylation sites (tertiary alicyclic amines) is 1. The highest BCUT2D eigenvalue weighted by Gasteiger charge is 2.17. The summed E-state index contributed by atoms with van der Waals surface area (Å²) in [7, 11) is 0. The van der Waals surface area contributed by atoms with Crippen molar-refractivity contribution < 1.29 is 9.90 Å². The van der Waals surface area contributed by atoms with E-state index in [1.165, 1.54) is 36.9 Å². The number of rotatable bonds is 4. The minimum atomic E-state index is -0.866. The normalized spacial score (nSPS) is 16.1. The molecule has 0 unspecified atom stereocenters. The van der Waals surface area contributed by atoms with Crippen LogP contribution in [0.15, 0.2) is 24.4 Å². The van der Waals surface area contributed by atoms with Crippen LogP contribution in [0.3, 0.4) is 0 Å². The Balaban J connectivity index is 2.05. The van der Waals surface area contributed by atoms with Crippen LogP contribution in [0.2, 0.25) is 0 Å². The standard InChI is InChI=1S/C17H22N2O2/c1-12(2)19-11-14(10-18-7-3-4-8-18)15-6-5-13(17(20)21)9-16(15)19/h5-6,9,11-12H,3-4,7-8,10H2,1-2H3,(H,20,21). The van der Waals surface area contributed by atoms with E-state index in [1.54, 1.807) is 12.1 Å². The first-order valence-electron chi connectivity index (χ1n) is 7.65. The molecule has 1 aromatic carbocycles. The van der Waals surface area contributed by atoms with Crippen LogP contribution in [0.25, 0.3) is 10.9 Å². The molecule has 0 amide bonds. The highest BCUT2D eigenvalue weighted by Crippen LogP contribution is 2.27. The topological polar surface area (TPSA) is 45.5 Å². The Morgan fingerprint density at radius 2 is 2.00 bits per heavy atom. The second-order valence-corrected chi connectivity index (χ2v) is 6.18. The van der Waals surface area contributed by atoms with E-state index in [4.69, 9.17) is 0 Å². The van der Waals surface area contributed by atoms with Crippen molar-refractivity contribution >= 4 is 16.9 Å². The first-order valence-corrected chi connectivity index (χ1v) is 7.65. The summed E-state index contributed by atoms with van der Waals surface area (Å²) in [6.07, 6.45) is 4.76. The summed E-state index contributed by atoms with van der Waals surface area (Å²) in [5.74, 6) is -0.866. The number of aromatic nitrogens is 1. The molecular formula is C17H22N2O2. The Morgan fingerprint density at radius 1 is 1.29 bits per heavy atom. The van der Waals surface area contributed by atoms with Gasteiger partial charge in [0.05, 0.1) is 5.56 Å². The zero-order valence-corrected chi connectivity index (χ0v) is 12.7.